The van der Waals surface area contributed by atoms with E-state index in [0.717, 1.165) is 41.7 Å². The highest BCUT2D eigenvalue weighted by atomic mass is 32.1. The fraction of sp³-hybridized carbons (Fsp3) is 0.381. The standard InChI is InChI=1S/C21H24F2N6O4S/c1-28(2)21(33)15(26-19(32)20-27-14-6-7-29(3)10-16(14)34-20)9-24-17(30)18(31)25-11-4-5-12(22)13(23)8-11/h4-5,8,15H,6-7,9-10H2,1-3H3,(H,24,30)(H,25,31)(H,26,32). The molecule has 1 aromatic heterocycles. The van der Waals surface area contributed by atoms with Crippen molar-refractivity contribution in [3.63, 3.8) is 0 Å². The predicted octanol–water partition coefficient (Wildman–Crippen LogP) is 0.351. The fourth-order valence-corrected chi connectivity index (χ4v) is 4.28. The van der Waals surface area contributed by atoms with Crippen LogP contribution in [0.3, 0.4) is 0 Å². The quantitative estimate of drug-likeness (QED) is 0.498. The van der Waals surface area contributed by atoms with Gasteiger partial charge in [-0.2, -0.15) is 0 Å². The van der Waals surface area contributed by atoms with Crippen LogP contribution in [0.2, 0.25) is 0 Å². The average molecular weight is 495 g/mol. The van der Waals surface area contributed by atoms with Crippen LogP contribution in [0.4, 0.5) is 14.5 Å². The van der Waals surface area contributed by atoms with Gasteiger partial charge < -0.3 is 25.8 Å². The number of fused-ring (bicyclic) bond motifs is 1. The number of halogens is 2. The molecule has 0 bridgehead atoms. The molecule has 34 heavy (non-hydrogen) atoms. The average Bonchev–Trinajstić information content (AvgIpc) is 3.21. The Morgan fingerprint density at radius 1 is 1.18 bits per heavy atom. The summed E-state index contributed by atoms with van der Waals surface area (Å²) in [4.78, 5) is 58.3. The summed E-state index contributed by atoms with van der Waals surface area (Å²) in [5, 5.41) is 7.17. The number of likely N-dealkylation sites (N-methyl/N-ethyl adjacent to an activating group) is 2. The number of nitrogens with zero attached hydrogens (tertiary/aromatic N) is 3. The van der Waals surface area contributed by atoms with E-state index in [2.05, 4.69) is 25.8 Å². The molecule has 1 aromatic carbocycles. The van der Waals surface area contributed by atoms with Crippen LogP contribution in [0.5, 0.6) is 0 Å². The number of nitrogens with one attached hydrogen (secondary N) is 3. The van der Waals surface area contributed by atoms with Gasteiger partial charge in [-0.3, -0.25) is 19.2 Å². The third kappa shape index (κ3) is 6.11. The molecule has 1 atom stereocenters. The Morgan fingerprint density at radius 3 is 2.59 bits per heavy atom. The van der Waals surface area contributed by atoms with Gasteiger partial charge >= 0.3 is 11.8 Å². The molecule has 1 aliphatic rings. The highest BCUT2D eigenvalue weighted by molar-refractivity contribution is 7.13. The summed E-state index contributed by atoms with van der Waals surface area (Å²) in [5.41, 5.74) is 0.734. The van der Waals surface area contributed by atoms with Crippen molar-refractivity contribution in [3.05, 3.63) is 45.4 Å². The maximum absolute atomic E-state index is 13.3. The minimum Gasteiger partial charge on any atom is -0.347 e. The van der Waals surface area contributed by atoms with Gasteiger partial charge in [-0.05, 0) is 19.2 Å². The van der Waals surface area contributed by atoms with Crippen LogP contribution in [-0.2, 0) is 27.3 Å². The van der Waals surface area contributed by atoms with Crippen LogP contribution in [-0.4, -0.2) is 78.7 Å². The molecule has 4 amide bonds. The molecule has 0 spiro atoms. The summed E-state index contributed by atoms with van der Waals surface area (Å²) in [6.45, 7) is 1.14. The molecule has 182 valence electrons. The molecule has 13 heteroatoms. The molecule has 0 fully saturated rings. The lowest BCUT2D eigenvalue weighted by molar-refractivity contribution is -0.136. The van der Waals surface area contributed by atoms with E-state index in [4.69, 9.17) is 0 Å². The van der Waals surface area contributed by atoms with Crippen molar-refractivity contribution >= 4 is 40.7 Å². The Hall–Kier alpha value is -3.45. The molecule has 2 heterocycles. The number of hydrogen-bond acceptors (Lipinski definition) is 7. The van der Waals surface area contributed by atoms with Gasteiger partial charge in [-0.25, -0.2) is 13.8 Å². The monoisotopic (exact) mass is 494 g/mol. The zero-order valence-electron chi connectivity index (χ0n) is 18.8. The number of rotatable bonds is 6. The Balaban J connectivity index is 1.62. The summed E-state index contributed by atoms with van der Waals surface area (Å²) in [5.74, 6) is -5.63. The Kier molecular flexibility index (Phi) is 7.89. The van der Waals surface area contributed by atoms with Crippen LogP contribution in [0.1, 0.15) is 20.4 Å². The number of anilines is 1. The molecule has 2 aromatic rings. The lowest BCUT2D eigenvalue weighted by Crippen LogP contribution is -2.53. The van der Waals surface area contributed by atoms with E-state index in [1.165, 1.54) is 30.3 Å². The SMILES string of the molecule is CN1CCc2nc(C(=O)NC(CNC(=O)C(=O)Nc3ccc(F)c(F)c3)C(=O)N(C)C)sc2C1. The van der Waals surface area contributed by atoms with E-state index < -0.39 is 41.3 Å². The van der Waals surface area contributed by atoms with E-state index in [1.807, 2.05) is 7.05 Å². The van der Waals surface area contributed by atoms with Crippen LogP contribution >= 0.6 is 11.3 Å². The molecule has 0 saturated carbocycles. The topological polar surface area (TPSA) is 124 Å². The molecular formula is C21H24F2N6O4S. The molecule has 0 saturated heterocycles. The zero-order valence-corrected chi connectivity index (χ0v) is 19.6. The minimum atomic E-state index is -1.19. The van der Waals surface area contributed by atoms with Gasteiger partial charge in [0.25, 0.3) is 5.91 Å². The molecule has 1 unspecified atom stereocenters. The summed E-state index contributed by atoms with van der Waals surface area (Å²) < 4.78 is 26.3. The van der Waals surface area contributed by atoms with Gasteiger partial charge in [0.15, 0.2) is 16.6 Å². The van der Waals surface area contributed by atoms with E-state index >= 15 is 0 Å². The van der Waals surface area contributed by atoms with E-state index in [9.17, 15) is 28.0 Å². The van der Waals surface area contributed by atoms with Crippen molar-refractivity contribution in [3.8, 4) is 0 Å². The Bertz CT molecular complexity index is 1120. The maximum atomic E-state index is 13.3. The number of thiazole rings is 1. The second-order valence-electron chi connectivity index (χ2n) is 7.93. The van der Waals surface area contributed by atoms with Crippen molar-refractivity contribution in [2.75, 3.05) is 39.5 Å². The molecule has 10 nitrogen and oxygen atoms in total. The van der Waals surface area contributed by atoms with Crippen LogP contribution in [0.15, 0.2) is 18.2 Å². The largest absolute Gasteiger partial charge is 0.347 e. The second-order valence-corrected chi connectivity index (χ2v) is 9.01. The third-order valence-electron chi connectivity index (χ3n) is 5.01. The van der Waals surface area contributed by atoms with Crippen LogP contribution in [0.25, 0.3) is 0 Å². The van der Waals surface area contributed by atoms with Gasteiger partial charge in [-0.15, -0.1) is 11.3 Å². The highest BCUT2D eigenvalue weighted by Gasteiger charge is 2.28. The molecule has 0 aliphatic carbocycles. The normalized spacial score (nSPS) is 14.0. The highest BCUT2D eigenvalue weighted by Crippen LogP contribution is 2.24. The van der Waals surface area contributed by atoms with Gasteiger partial charge in [0.05, 0.1) is 5.69 Å². The van der Waals surface area contributed by atoms with Gasteiger partial charge in [0, 0.05) is 56.8 Å². The summed E-state index contributed by atoms with van der Waals surface area (Å²) >= 11 is 1.24. The number of benzene rings is 1. The van der Waals surface area contributed by atoms with E-state index in [-0.39, 0.29) is 17.2 Å². The van der Waals surface area contributed by atoms with Gasteiger partial charge in [0.1, 0.15) is 6.04 Å². The van der Waals surface area contributed by atoms with Gasteiger partial charge in [-0.1, -0.05) is 0 Å². The second kappa shape index (κ2) is 10.7. The van der Waals surface area contributed by atoms with Crippen LogP contribution in [0, 0.1) is 11.6 Å². The Labute approximate surface area is 198 Å². The zero-order chi connectivity index (χ0) is 25.0. The summed E-state index contributed by atoms with van der Waals surface area (Å²) in [7, 11) is 4.94. The van der Waals surface area contributed by atoms with Crippen molar-refractivity contribution < 1.29 is 28.0 Å². The molecular weight excluding hydrogens is 470 g/mol. The van der Waals surface area contributed by atoms with Gasteiger partial charge in [0.2, 0.25) is 5.91 Å². The van der Waals surface area contributed by atoms with E-state index in [1.54, 1.807) is 0 Å². The number of hydrogen-bond donors (Lipinski definition) is 3. The predicted molar refractivity (Wildman–Crippen MR) is 120 cm³/mol. The first-order valence-electron chi connectivity index (χ1n) is 10.3. The van der Waals surface area contributed by atoms with Crippen LogP contribution < -0.4 is 16.0 Å². The molecule has 0 radical (unpaired) electrons. The van der Waals surface area contributed by atoms with Crippen molar-refractivity contribution in [1.29, 1.82) is 0 Å². The number of carbonyl (C=O) groups is 4. The first kappa shape index (κ1) is 25.2. The Morgan fingerprint density at radius 2 is 1.91 bits per heavy atom. The minimum absolute atomic E-state index is 0.119. The van der Waals surface area contributed by atoms with E-state index in [0.29, 0.717) is 6.54 Å². The first-order chi connectivity index (χ1) is 16.0. The maximum Gasteiger partial charge on any atom is 0.313 e. The van der Waals surface area contributed by atoms with Crippen molar-refractivity contribution in [1.82, 2.24) is 25.4 Å². The molecule has 3 rings (SSSR count). The first-order valence-corrected chi connectivity index (χ1v) is 11.1. The molecule has 3 N–H and O–H groups in total. The number of amides is 4. The third-order valence-corrected chi connectivity index (χ3v) is 6.09. The summed E-state index contributed by atoms with van der Waals surface area (Å²) in [6, 6.07) is 1.46. The number of carbonyl (C=O) groups excluding carboxylic acids is 4. The smallest absolute Gasteiger partial charge is 0.313 e. The molecule has 1 aliphatic heterocycles. The lowest BCUT2D eigenvalue weighted by atomic mass is 10.2. The van der Waals surface area contributed by atoms with Crippen molar-refractivity contribution in [2.45, 2.75) is 19.0 Å². The summed E-state index contributed by atoms with van der Waals surface area (Å²) in [6.07, 6.45) is 0.721. The fourth-order valence-electron chi connectivity index (χ4n) is 3.19. The lowest BCUT2D eigenvalue weighted by Gasteiger charge is -2.21. The number of aromatic nitrogens is 1. The van der Waals surface area contributed by atoms with Crippen molar-refractivity contribution in [2.24, 2.45) is 0 Å².